The van der Waals surface area contributed by atoms with Gasteiger partial charge in [0.15, 0.2) is 0 Å². The first-order valence-corrected chi connectivity index (χ1v) is 5.98. The van der Waals surface area contributed by atoms with Crippen LogP contribution in [-0.4, -0.2) is 24.5 Å². The molecule has 80 valence electrons. The summed E-state index contributed by atoms with van der Waals surface area (Å²) >= 11 is 7.57. The number of hydrogen-bond acceptors (Lipinski definition) is 3. The number of thiophene rings is 1. The Morgan fingerprint density at radius 3 is 2.57 bits per heavy atom. The molecule has 0 aliphatic rings. The summed E-state index contributed by atoms with van der Waals surface area (Å²) < 4.78 is 0. The summed E-state index contributed by atoms with van der Waals surface area (Å²) in [5.74, 6) is 0. The Morgan fingerprint density at radius 1 is 1.57 bits per heavy atom. The third-order valence-electron chi connectivity index (χ3n) is 2.45. The van der Waals surface area contributed by atoms with Crippen LogP contribution in [0.4, 0.5) is 0 Å². The molecule has 14 heavy (non-hydrogen) atoms. The summed E-state index contributed by atoms with van der Waals surface area (Å²) in [5.41, 5.74) is 5.77. The molecule has 0 bridgehead atoms. The van der Waals surface area contributed by atoms with Crippen molar-refractivity contribution in [1.82, 2.24) is 4.90 Å². The molecule has 0 saturated carbocycles. The zero-order valence-electron chi connectivity index (χ0n) is 8.83. The van der Waals surface area contributed by atoms with Crippen LogP contribution in [-0.2, 0) is 0 Å². The molecule has 1 atom stereocenters. The highest BCUT2D eigenvalue weighted by Gasteiger charge is 2.19. The Balaban J connectivity index is 2.81. The van der Waals surface area contributed by atoms with Crippen molar-refractivity contribution in [2.75, 3.05) is 13.6 Å². The predicted molar refractivity (Wildman–Crippen MR) is 64.0 cm³/mol. The molecule has 1 aromatic heterocycles. The van der Waals surface area contributed by atoms with Gasteiger partial charge in [-0.15, -0.1) is 11.3 Å². The standard InChI is InChI=1S/C10H17ClN2S/c1-7(2)13(3)9(5-12)10-4-8(11)6-14-10/h4,6-7,9H,5,12H2,1-3H3. The molecule has 0 aliphatic carbocycles. The fourth-order valence-electron chi connectivity index (χ4n) is 1.35. The van der Waals surface area contributed by atoms with Crippen molar-refractivity contribution in [3.05, 3.63) is 21.3 Å². The third kappa shape index (κ3) is 2.70. The van der Waals surface area contributed by atoms with Crippen molar-refractivity contribution in [2.45, 2.75) is 25.9 Å². The molecular formula is C10H17ClN2S. The Hall–Kier alpha value is -0.0900. The van der Waals surface area contributed by atoms with E-state index < -0.39 is 0 Å². The predicted octanol–water partition coefficient (Wildman–Crippen LogP) is 2.74. The van der Waals surface area contributed by atoms with Crippen molar-refractivity contribution in [1.29, 1.82) is 0 Å². The van der Waals surface area contributed by atoms with E-state index in [2.05, 4.69) is 25.8 Å². The van der Waals surface area contributed by atoms with E-state index in [0.717, 1.165) is 5.02 Å². The van der Waals surface area contributed by atoms with Gasteiger partial charge in [0.25, 0.3) is 0 Å². The minimum atomic E-state index is 0.285. The molecule has 1 aromatic rings. The first-order chi connectivity index (χ1) is 6.56. The second kappa shape index (κ2) is 5.12. The molecule has 0 fully saturated rings. The molecular weight excluding hydrogens is 216 g/mol. The van der Waals surface area contributed by atoms with Crippen LogP contribution < -0.4 is 5.73 Å². The average Bonchev–Trinajstić information content (AvgIpc) is 2.53. The van der Waals surface area contributed by atoms with Gasteiger partial charge in [-0.1, -0.05) is 11.6 Å². The van der Waals surface area contributed by atoms with Crippen molar-refractivity contribution >= 4 is 22.9 Å². The largest absolute Gasteiger partial charge is 0.329 e. The van der Waals surface area contributed by atoms with Crippen molar-refractivity contribution in [3.63, 3.8) is 0 Å². The monoisotopic (exact) mass is 232 g/mol. The van der Waals surface area contributed by atoms with Gasteiger partial charge < -0.3 is 5.73 Å². The second-order valence-corrected chi connectivity index (χ2v) is 5.06. The molecule has 2 nitrogen and oxygen atoms in total. The van der Waals surface area contributed by atoms with Gasteiger partial charge in [-0.3, -0.25) is 4.90 Å². The number of likely N-dealkylation sites (N-methyl/N-ethyl adjacent to an activating group) is 1. The molecule has 0 aliphatic heterocycles. The lowest BCUT2D eigenvalue weighted by Gasteiger charge is -2.29. The van der Waals surface area contributed by atoms with E-state index in [0.29, 0.717) is 12.6 Å². The molecule has 0 spiro atoms. The molecule has 4 heteroatoms. The normalized spacial score (nSPS) is 13.9. The number of nitrogens with two attached hydrogens (primary N) is 1. The van der Waals surface area contributed by atoms with Gasteiger partial charge in [0, 0.05) is 22.8 Å². The van der Waals surface area contributed by atoms with Gasteiger partial charge in [0.05, 0.1) is 11.1 Å². The summed E-state index contributed by atoms with van der Waals surface area (Å²) in [5, 5.41) is 2.76. The van der Waals surface area contributed by atoms with Crippen LogP contribution in [0.15, 0.2) is 11.4 Å². The summed E-state index contributed by atoms with van der Waals surface area (Å²) in [6.45, 7) is 4.96. The minimum Gasteiger partial charge on any atom is -0.329 e. The van der Waals surface area contributed by atoms with Crippen LogP contribution in [0.5, 0.6) is 0 Å². The van der Waals surface area contributed by atoms with E-state index >= 15 is 0 Å². The Kier molecular flexibility index (Phi) is 4.38. The number of nitrogens with zero attached hydrogens (tertiary/aromatic N) is 1. The zero-order chi connectivity index (χ0) is 10.7. The maximum absolute atomic E-state index is 5.90. The minimum absolute atomic E-state index is 0.285. The molecule has 0 aromatic carbocycles. The molecule has 1 unspecified atom stereocenters. The quantitative estimate of drug-likeness (QED) is 0.865. The van der Waals surface area contributed by atoms with Gasteiger partial charge in [-0.25, -0.2) is 0 Å². The lowest BCUT2D eigenvalue weighted by atomic mass is 10.2. The molecule has 0 amide bonds. The third-order valence-corrected chi connectivity index (χ3v) is 3.83. The van der Waals surface area contributed by atoms with Crippen LogP contribution in [0, 0.1) is 0 Å². The van der Waals surface area contributed by atoms with Gasteiger partial charge in [-0.05, 0) is 27.0 Å². The van der Waals surface area contributed by atoms with Crippen LogP contribution in [0.1, 0.15) is 24.8 Å². The Morgan fingerprint density at radius 2 is 2.21 bits per heavy atom. The summed E-state index contributed by atoms with van der Waals surface area (Å²) in [6.07, 6.45) is 0. The van der Waals surface area contributed by atoms with Gasteiger partial charge in [-0.2, -0.15) is 0 Å². The second-order valence-electron chi connectivity index (χ2n) is 3.68. The van der Waals surface area contributed by atoms with Gasteiger partial charge in [0.2, 0.25) is 0 Å². The van der Waals surface area contributed by atoms with E-state index in [-0.39, 0.29) is 6.04 Å². The molecule has 0 radical (unpaired) electrons. The Bertz CT molecular complexity index is 285. The van der Waals surface area contributed by atoms with E-state index in [1.54, 1.807) is 11.3 Å². The highest BCUT2D eigenvalue weighted by molar-refractivity contribution is 7.10. The Labute approximate surface area is 94.7 Å². The van der Waals surface area contributed by atoms with Crippen LogP contribution in [0.25, 0.3) is 0 Å². The van der Waals surface area contributed by atoms with E-state index in [1.165, 1.54) is 4.88 Å². The summed E-state index contributed by atoms with van der Waals surface area (Å²) in [4.78, 5) is 3.51. The summed E-state index contributed by atoms with van der Waals surface area (Å²) in [6, 6.07) is 2.78. The first kappa shape index (κ1) is 12.0. The first-order valence-electron chi connectivity index (χ1n) is 4.72. The highest BCUT2D eigenvalue weighted by atomic mass is 35.5. The van der Waals surface area contributed by atoms with Crippen molar-refractivity contribution in [2.24, 2.45) is 5.73 Å². The highest BCUT2D eigenvalue weighted by Crippen LogP contribution is 2.28. The van der Waals surface area contributed by atoms with E-state index in [9.17, 15) is 0 Å². The lowest BCUT2D eigenvalue weighted by molar-refractivity contribution is 0.204. The zero-order valence-corrected chi connectivity index (χ0v) is 10.4. The number of halogens is 1. The van der Waals surface area contributed by atoms with E-state index in [1.807, 2.05) is 11.4 Å². The fourth-order valence-corrected chi connectivity index (χ4v) is 2.59. The van der Waals surface area contributed by atoms with Crippen molar-refractivity contribution < 1.29 is 0 Å². The van der Waals surface area contributed by atoms with Crippen LogP contribution >= 0.6 is 22.9 Å². The summed E-state index contributed by atoms with van der Waals surface area (Å²) in [7, 11) is 2.09. The van der Waals surface area contributed by atoms with E-state index in [4.69, 9.17) is 17.3 Å². The molecule has 1 rings (SSSR count). The lowest BCUT2D eigenvalue weighted by Crippen LogP contribution is -2.34. The van der Waals surface area contributed by atoms with Gasteiger partial charge >= 0.3 is 0 Å². The topological polar surface area (TPSA) is 29.3 Å². The SMILES string of the molecule is CC(C)N(C)C(CN)c1cc(Cl)cs1. The molecule has 1 heterocycles. The number of hydrogen-bond donors (Lipinski definition) is 1. The maximum Gasteiger partial charge on any atom is 0.0564 e. The molecule has 0 saturated heterocycles. The van der Waals surface area contributed by atoms with Crippen LogP contribution in [0.2, 0.25) is 5.02 Å². The fraction of sp³-hybridized carbons (Fsp3) is 0.600. The van der Waals surface area contributed by atoms with Gasteiger partial charge in [0.1, 0.15) is 0 Å². The number of rotatable bonds is 4. The molecule has 2 N–H and O–H groups in total. The van der Waals surface area contributed by atoms with Crippen LogP contribution in [0.3, 0.4) is 0 Å². The smallest absolute Gasteiger partial charge is 0.0564 e. The van der Waals surface area contributed by atoms with Crippen molar-refractivity contribution in [3.8, 4) is 0 Å². The average molecular weight is 233 g/mol. The maximum atomic E-state index is 5.90.